The highest BCUT2D eigenvalue weighted by atomic mass is 127. The largest absolute Gasteiger partial charge is 0.485 e. The molecular formula is C37H35IN4O4S2. The summed E-state index contributed by atoms with van der Waals surface area (Å²) in [5.74, 6) is 1.36. The van der Waals surface area contributed by atoms with Crippen molar-refractivity contribution >= 4 is 68.7 Å². The molecule has 0 bridgehead atoms. The molecule has 2 spiro atoms. The molecule has 0 aromatic heterocycles. The SMILES string of the molecule is CI.CSC1=NC2(CC(c3ccccc3)Oc3ccccc32)C(=O)N1C.O=C1NC(=S)NC12CC(c1ccccc1)Oc1ccccc12. The van der Waals surface area contributed by atoms with Crippen LogP contribution >= 0.6 is 46.6 Å². The second-order valence-corrected chi connectivity index (χ2v) is 12.8. The Morgan fingerprint density at radius 1 is 0.792 bits per heavy atom. The summed E-state index contributed by atoms with van der Waals surface area (Å²) in [6.07, 6.45) is 2.57. The lowest BCUT2D eigenvalue weighted by Gasteiger charge is -2.38. The Labute approximate surface area is 303 Å². The topological polar surface area (TPSA) is 92.3 Å². The lowest BCUT2D eigenvalue weighted by atomic mass is 9.80. The van der Waals surface area contributed by atoms with Crippen molar-refractivity contribution in [3.63, 3.8) is 0 Å². The predicted molar refractivity (Wildman–Crippen MR) is 203 cm³/mol. The minimum atomic E-state index is -0.886. The molecule has 4 atom stereocenters. The van der Waals surface area contributed by atoms with Gasteiger partial charge in [-0.1, -0.05) is 131 Å². The number of benzene rings is 4. The van der Waals surface area contributed by atoms with E-state index in [4.69, 9.17) is 26.7 Å². The summed E-state index contributed by atoms with van der Waals surface area (Å²) in [6.45, 7) is 0. The molecular weight excluding hydrogens is 755 g/mol. The second kappa shape index (κ2) is 14.3. The van der Waals surface area contributed by atoms with E-state index < -0.39 is 11.1 Å². The molecule has 0 radical (unpaired) electrons. The van der Waals surface area contributed by atoms with Gasteiger partial charge in [0.2, 0.25) is 0 Å². The number of nitrogens with one attached hydrogen (secondary N) is 2. The maximum absolute atomic E-state index is 13.1. The molecule has 4 aliphatic heterocycles. The van der Waals surface area contributed by atoms with Crippen LogP contribution in [-0.2, 0) is 20.7 Å². The predicted octanol–water partition coefficient (Wildman–Crippen LogP) is 7.06. The van der Waals surface area contributed by atoms with Crippen molar-refractivity contribution in [1.29, 1.82) is 0 Å². The molecule has 4 aliphatic rings. The minimum absolute atomic E-state index is 0.0172. The monoisotopic (exact) mass is 790 g/mol. The Morgan fingerprint density at radius 3 is 1.81 bits per heavy atom. The van der Waals surface area contributed by atoms with E-state index in [9.17, 15) is 9.59 Å². The third-order valence-electron chi connectivity index (χ3n) is 8.89. The van der Waals surface area contributed by atoms with Gasteiger partial charge in [-0.2, -0.15) is 0 Å². The van der Waals surface area contributed by atoms with Gasteiger partial charge in [-0.05, 0) is 46.7 Å². The smallest absolute Gasteiger partial charge is 0.261 e. The first-order chi connectivity index (χ1) is 23.3. The number of carbonyl (C=O) groups excluding carboxylic acids is 2. The minimum Gasteiger partial charge on any atom is -0.485 e. The maximum Gasteiger partial charge on any atom is 0.261 e. The van der Waals surface area contributed by atoms with Gasteiger partial charge in [0, 0.05) is 31.0 Å². The van der Waals surface area contributed by atoms with Crippen LogP contribution in [0.4, 0.5) is 0 Å². The summed E-state index contributed by atoms with van der Waals surface area (Å²) in [6, 6.07) is 35.3. The molecule has 1 fully saturated rings. The van der Waals surface area contributed by atoms with Crippen LogP contribution < -0.4 is 20.1 Å². The summed E-state index contributed by atoms with van der Waals surface area (Å²) in [7, 11) is 1.79. The van der Waals surface area contributed by atoms with Crippen LogP contribution in [0.1, 0.15) is 47.3 Å². The number of amidine groups is 1. The number of carbonyl (C=O) groups is 2. The van der Waals surface area contributed by atoms with Gasteiger partial charge in [0.05, 0.1) is 0 Å². The van der Waals surface area contributed by atoms with Crippen molar-refractivity contribution < 1.29 is 19.1 Å². The molecule has 48 heavy (non-hydrogen) atoms. The van der Waals surface area contributed by atoms with Crippen molar-refractivity contribution in [2.75, 3.05) is 18.2 Å². The number of hydrogen-bond donors (Lipinski definition) is 2. The van der Waals surface area contributed by atoms with Crippen LogP contribution in [0.5, 0.6) is 11.5 Å². The fourth-order valence-corrected chi connectivity index (χ4v) is 7.53. The number of rotatable bonds is 2. The van der Waals surface area contributed by atoms with Crippen molar-refractivity contribution in [3.8, 4) is 11.5 Å². The zero-order valence-corrected chi connectivity index (χ0v) is 30.5. The molecule has 4 unspecified atom stereocenters. The Balaban J connectivity index is 0.000000160. The summed E-state index contributed by atoms with van der Waals surface area (Å²) >= 11 is 8.80. The summed E-state index contributed by atoms with van der Waals surface area (Å²) < 4.78 is 12.3. The molecule has 2 amide bonds. The van der Waals surface area contributed by atoms with Crippen molar-refractivity contribution in [2.24, 2.45) is 4.99 Å². The maximum atomic E-state index is 13.1. The highest BCUT2D eigenvalue weighted by molar-refractivity contribution is 14.1. The van der Waals surface area contributed by atoms with Crippen LogP contribution in [0.15, 0.2) is 114 Å². The fourth-order valence-electron chi connectivity index (χ4n) is 6.66. The van der Waals surface area contributed by atoms with E-state index in [1.807, 2.05) is 120 Å². The molecule has 1 saturated heterocycles. The average molecular weight is 791 g/mol. The number of nitrogens with zero attached hydrogens (tertiary/aromatic N) is 2. The van der Waals surface area contributed by atoms with Gasteiger partial charge < -0.3 is 20.1 Å². The quantitative estimate of drug-likeness (QED) is 0.128. The van der Waals surface area contributed by atoms with Crippen molar-refractivity contribution in [3.05, 3.63) is 131 Å². The van der Waals surface area contributed by atoms with Crippen LogP contribution in [0.2, 0.25) is 0 Å². The number of alkyl halides is 1. The number of thiocarbonyl (C=S) groups is 1. The van der Waals surface area contributed by atoms with E-state index in [0.29, 0.717) is 18.0 Å². The number of halogens is 1. The molecule has 4 aromatic carbocycles. The number of aliphatic imine (C=N–C) groups is 1. The van der Waals surface area contributed by atoms with Gasteiger partial charge in [0.1, 0.15) is 23.7 Å². The lowest BCUT2D eigenvalue weighted by molar-refractivity contribution is -0.132. The summed E-state index contributed by atoms with van der Waals surface area (Å²) in [5.41, 5.74) is 2.06. The van der Waals surface area contributed by atoms with Crippen LogP contribution in [0.25, 0.3) is 0 Å². The zero-order valence-electron chi connectivity index (χ0n) is 26.7. The molecule has 4 aromatic rings. The summed E-state index contributed by atoms with van der Waals surface area (Å²) in [4.78, 5) is 34.2. The Morgan fingerprint density at radius 2 is 1.29 bits per heavy atom. The number of fused-ring (bicyclic) bond motifs is 4. The van der Waals surface area contributed by atoms with E-state index >= 15 is 0 Å². The standard InChI is InChI=1S/C19H18N2O2S.C17H14N2O2S.CH3I/c1-21-17(22)19(20-18(21)24-2)12-16(13-8-4-3-5-9-13)23-15-11-7-6-10-14(15)19;20-15-17(19-16(22)18-15)10-14(11-6-2-1-3-7-11)21-13-9-5-4-8-12(13)17;1-2/h3-11,16H,12H2,1-2H3;1-9,14H,10H2,(H2,18,19,20,22);1H3. The third kappa shape index (κ3) is 6.07. The second-order valence-electron chi connectivity index (χ2n) is 11.6. The molecule has 2 N–H and O–H groups in total. The van der Waals surface area contributed by atoms with E-state index in [0.717, 1.165) is 38.9 Å². The number of hydrogen-bond acceptors (Lipinski definition) is 7. The number of likely N-dealkylation sites (N-methyl/N-ethyl adjacent to an activating group) is 1. The van der Waals surface area contributed by atoms with E-state index in [1.54, 1.807) is 11.9 Å². The lowest BCUT2D eigenvalue weighted by Crippen LogP contribution is -2.48. The fraction of sp³-hybridized carbons (Fsp3) is 0.243. The van der Waals surface area contributed by atoms with Crippen LogP contribution in [-0.4, -0.2) is 45.2 Å². The zero-order chi connectivity index (χ0) is 33.9. The highest BCUT2D eigenvalue weighted by Crippen LogP contribution is 2.50. The highest BCUT2D eigenvalue weighted by Gasteiger charge is 2.54. The van der Waals surface area contributed by atoms with Gasteiger partial charge in [0.15, 0.2) is 21.4 Å². The van der Waals surface area contributed by atoms with Gasteiger partial charge in [0.25, 0.3) is 11.8 Å². The molecule has 246 valence electrons. The molecule has 4 heterocycles. The first kappa shape index (κ1) is 33.9. The molecule has 0 saturated carbocycles. The van der Waals surface area contributed by atoms with Gasteiger partial charge >= 0.3 is 0 Å². The number of amides is 2. The number of para-hydroxylation sites is 2. The molecule has 0 aliphatic carbocycles. The third-order valence-corrected chi connectivity index (χ3v) is 9.82. The average Bonchev–Trinajstić information content (AvgIpc) is 3.56. The summed E-state index contributed by atoms with van der Waals surface area (Å²) in [5, 5.41) is 7.00. The normalized spacial score (nSPS) is 24.8. The van der Waals surface area contributed by atoms with E-state index in [-0.39, 0.29) is 24.0 Å². The van der Waals surface area contributed by atoms with Gasteiger partial charge in [-0.25, -0.2) is 4.99 Å². The number of ether oxygens (including phenoxy) is 2. The van der Waals surface area contributed by atoms with E-state index in [1.165, 1.54) is 11.8 Å². The van der Waals surface area contributed by atoms with Gasteiger partial charge in [-0.3, -0.25) is 14.5 Å². The van der Waals surface area contributed by atoms with Crippen LogP contribution in [0, 0.1) is 0 Å². The Hall–Kier alpha value is -3.94. The Bertz CT molecular complexity index is 1860. The van der Waals surface area contributed by atoms with E-state index in [2.05, 4.69) is 33.2 Å². The van der Waals surface area contributed by atoms with Gasteiger partial charge in [-0.15, -0.1) is 0 Å². The molecule has 11 heteroatoms. The molecule has 8 rings (SSSR count). The first-order valence-electron chi connectivity index (χ1n) is 15.4. The van der Waals surface area contributed by atoms with Crippen LogP contribution in [0.3, 0.4) is 0 Å². The Kier molecular flexibility index (Phi) is 10.1. The number of thioether (sulfide) groups is 1. The van der Waals surface area contributed by atoms with Crippen molar-refractivity contribution in [2.45, 2.75) is 36.1 Å². The first-order valence-corrected chi connectivity index (χ1v) is 19.2. The van der Waals surface area contributed by atoms with Crippen molar-refractivity contribution in [1.82, 2.24) is 15.5 Å². The molecule has 8 nitrogen and oxygen atoms in total.